The molecule has 1 aliphatic heterocycles. The molecular formula is C12H20N4O. The van der Waals surface area contributed by atoms with E-state index in [2.05, 4.69) is 5.10 Å². The maximum atomic E-state index is 11.9. The summed E-state index contributed by atoms with van der Waals surface area (Å²) in [7, 11) is 1.90. The summed E-state index contributed by atoms with van der Waals surface area (Å²) in [6, 6.07) is 1.93. The summed E-state index contributed by atoms with van der Waals surface area (Å²) in [5.74, 6) is 0.126. The number of nitrogens with two attached hydrogens (primary N) is 1. The van der Waals surface area contributed by atoms with Crippen molar-refractivity contribution in [3.8, 4) is 0 Å². The normalized spacial score (nSPS) is 25.1. The molecule has 94 valence electrons. The van der Waals surface area contributed by atoms with Crippen LogP contribution in [0.15, 0.2) is 6.07 Å². The molecule has 1 aromatic rings. The van der Waals surface area contributed by atoms with Crippen LogP contribution >= 0.6 is 0 Å². The minimum Gasteiger partial charge on any atom is -0.330 e. The summed E-state index contributed by atoms with van der Waals surface area (Å²) in [6.45, 7) is 6.02. The van der Waals surface area contributed by atoms with Crippen LogP contribution in [0.25, 0.3) is 0 Å². The van der Waals surface area contributed by atoms with Gasteiger partial charge in [0, 0.05) is 31.2 Å². The Morgan fingerprint density at radius 3 is 2.65 bits per heavy atom. The summed E-state index contributed by atoms with van der Waals surface area (Å²) < 4.78 is 1.82. The Morgan fingerprint density at radius 2 is 2.18 bits per heavy atom. The molecule has 1 amide bonds. The highest BCUT2D eigenvalue weighted by Crippen LogP contribution is 2.33. The smallest absolute Gasteiger partial charge is 0.225 e. The van der Waals surface area contributed by atoms with E-state index in [1.165, 1.54) is 0 Å². The molecule has 5 heteroatoms. The third-order valence-corrected chi connectivity index (χ3v) is 3.40. The van der Waals surface area contributed by atoms with Crippen molar-refractivity contribution in [3.05, 3.63) is 17.5 Å². The Morgan fingerprint density at radius 1 is 1.53 bits per heavy atom. The van der Waals surface area contributed by atoms with Crippen LogP contribution in [0.1, 0.15) is 37.7 Å². The standard InChI is InChI=1S/C12H20N4O/c1-7(2)16-11(17)6-9(13)12(16)10-5-8(3)15(4)14-10/h5,7,9,12H,6,13H2,1-4H3/t9-,12-/m1/s1. The molecule has 2 N–H and O–H groups in total. The van der Waals surface area contributed by atoms with Gasteiger partial charge in [0.15, 0.2) is 0 Å². The first-order valence-corrected chi connectivity index (χ1v) is 5.99. The number of aromatic nitrogens is 2. The van der Waals surface area contributed by atoms with E-state index in [-0.39, 0.29) is 24.0 Å². The monoisotopic (exact) mass is 236 g/mol. The average molecular weight is 236 g/mol. The summed E-state index contributed by atoms with van der Waals surface area (Å²) in [5, 5.41) is 4.45. The third-order valence-electron chi connectivity index (χ3n) is 3.40. The second-order valence-corrected chi connectivity index (χ2v) is 5.04. The average Bonchev–Trinajstić information content (AvgIpc) is 2.68. The van der Waals surface area contributed by atoms with Crippen molar-refractivity contribution >= 4 is 5.91 Å². The van der Waals surface area contributed by atoms with E-state index >= 15 is 0 Å². The minimum atomic E-state index is -0.154. The lowest BCUT2D eigenvalue weighted by atomic mass is 10.1. The first kappa shape index (κ1) is 12.1. The van der Waals surface area contributed by atoms with Gasteiger partial charge in [-0.25, -0.2) is 0 Å². The molecule has 5 nitrogen and oxygen atoms in total. The summed E-state index contributed by atoms with van der Waals surface area (Å²) >= 11 is 0. The zero-order valence-corrected chi connectivity index (χ0v) is 10.8. The Labute approximate surface area is 102 Å². The van der Waals surface area contributed by atoms with Crippen molar-refractivity contribution in [1.82, 2.24) is 14.7 Å². The fraction of sp³-hybridized carbons (Fsp3) is 0.667. The van der Waals surface area contributed by atoms with Crippen LogP contribution in [0.4, 0.5) is 0 Å². The van der Waals surface area contributed by atoms with Gasteiger partial charge in [-0.3, -0.25) is 9.48 Å². The molecule has 0 unspecified atom stereocenters. The maximum Gasteiger partial charge on any atom is 0.225 e. The van der Waals surface area contributed by atoms with Gasteiger partial charge in [-0.05, 0) is 26.8 Å². The van der Waals surface area contributed by atoms with Crippen molar-refractivity contribution < 1.29 is 4.79 Å². The summed E-state index contributed by atoms with van der Waals surface area (Å²) in [5.41, 5.74) is 8.06. The zero-order valence-electron chi connectivity index (χ0n) is 10.8. The van der Waals surface area contributed by atoms with Crippen molar-refractivity contribution in [3.63, 3.8) is 0 Å². The number of aryl methyl sites for hydroxylation is 2. The molecule has 0 bridgehead atoms. The van der Waals surface area contributed by atoms with Crippen LogP contribution in [-0.4, -0.2) is 32.7 Å². The number of carbonyl (C=O) groups is 1. The molecule has 0 spiro atoms. The van der Waals surface area contributed by atoms with Crippen molar-refractivity contribution in [2.45, 2.75) is 45.3 Å². The van der Waals surface area contributed by atoms with E-state index in [0.717, 1.165) is 11.4 Å². The van der Waals surface area contributed by atoms with Gasteiger partial charge in [0.25, 0.3) is 0 Å². The lowest BCUT2D eigenvalue weighted by molar-refractivity contribution is -0.130. The quantitative estimate of drug-likeness (QED) is 0.823. The Kier molecular flexibility index (Phi) is 2.95. The molecule has 0 aliphatic carbocycles. The molecule has 17 heavy (non-hydrogen) atoms. The SMILES string of the molecule is Cc1cc([C@H]2[C@H](N)CC(=O)N2C(C)C)nn1C. The Bertz CT molecular complexity index is 418. The number of rotatable bonds is 2. The largest absolute Gasteiger partial charge is 0.330 e. The highest BCUT2D eigenvalue weighted by molar-refractivity contribution is 5.80. The number of hydrogen-bond donors (Lipinski definition) is 1. The predicted molar refractivity (Wildman–Crippen MR) is 65.3 cm³/mol. The topological polar surface area (TPSA) is 64.2 Å². The first-order chi connectivity index (χ1) is 7.91. The molecule has 2 atom stereocenters. The van der Waals surface area contributed by atoms with E-state index in [1.54, 1.807) is 0 Å². The Balaban J connectivity index is 2.38. The number of hydrogen-bond acceptors (Lipinski definition) is 3. The van der Waals surface area contributed by atoms with Crippen LogP contribution < -0.4 is 5.73 Å². The lowest BCUT2D eigenvalue weighted by Gasteiger charge is -2.29. The van der Waals surface area contributed by atoms with Gasteiger partial charge in [-0.1, -0.05) is 0 Å². The van der Waals surface area contributed by atoms with Gasteiger partial charge in [-0.2, -0.15) is 5.10 Å². The van der Waals surface area contributed by atoms with E-state index < -0.39 is 0 Å². The van der Waals surface area contributed by atoms with Crippen LogP contribution in [0.2, 0.25) is 0 Å². The van der Waals surface area contributed by atoms with Gasteiger partial charge in [-0.15, -0.1) is 0 Å². The van der Waals surface area contributed by atoms with E-state index in [4.69, 9.17) is 5.73 Å². The van der Waals surface area contributed by atoms with Gasteiger partial charge in [0.1, 0.15) is 0 Å². The molecule has 2 heterocycles. The Hall–Kier alpha value is -1.36. The van der Waals surface area contributed by atoms with E-state index in [0.29, 0.717) is 6.42 Å². The molecule has 0 saturated carbocycles. The molecular weight excluding hydrogens is 216 g/mol. The molecule has 1 saturated heterocycles. The van der Waals surface area contributed by atoms with Crippen LogP contribution in [0, 0.1) is 6.92 Å². The lowest BCUT2D eigenvalue weighted by Crippen LogP contribution is -2.37. The number of carbonyl (C=O) groups excluding carboxylic acids is 1. The van der Waals surface area contributed by atoms with Gasteiger partial charge in [0.05, 0.1) is 11.7 Å². The fourth-order valence-corrected chi connectivity index (χ4v) is 2.48. The second-order valence-electron chi connectivity index (χ2n) is 5.04. The number of amides is 1. The predicted octanol–water partition coefficient (Wildman–Crippen LogP) is 0.738. The summed E-state index contributed by atoms with van der Waals surface area (Å²) in [4.78, 5) is 13.8. The third kappa shape index (κ3) is 1.95. The molecule has 0 radical (unpaired) electrons. The van der Waals surface area contributed by atoms with Crippen molar-refractivity contribution in [1.29, 1.82) is 0 Å². The van der Waals surface area contributed by atoms with Crippen molar-refractivity contribution in [2.75, 3.05) is 0 Å². The van der Waals surface area contributed by atoms with Crippen LogP contribution in [-0.2, 0) is 11.8 Å². The fourth-order valence-electron chi connectivity index (χ4n) is 2.48. The number of nitrogens with zero attached hydrogens (tertiary/aromatic N) is 3. The molecule has 1 aromatic heterocycles. The molecule has 1 aliphatic rings. The van der Waals surface area contributed by atoms with E-state index in [9.17, 15) is 4.79 Å². The zero-order chi connectivity index (χ0) is 12.7. The van der Waals surface area contributed by atoms with Crippen LogP contribution in [0.3, 0.4) is 0 Å². The minimum absolute atomic E-state index is 0.0811. The van der Waals surface area contributed by atoms with E-state index in [1.807, 2.05) is 43.5 Å². The highest BCUT2D eigenvalue weighted by atomic mass is 16.2. The summed E-state index contributed by atoms with van der Waals surface area (Å²) in [6.07, 6.45) is 0.415. The maximum absolute atomic E-state index is 11.9. The number of likely N-dealkylation sites (tertiary alicyclic amines) is 1. The van der Waals surface area contributed by atoms with Gasteiger partial charge in [0.2, 0.25) is 5.91 Å². The van der Waals surface area contributed by atoms with Gasteiger partial charge >= 0.3 is 0 Å². The molecule has 2 rings (SSSR count). The first-order valence-electron chi connectivity index (χ1n) is 5.99. The van der Waals surface area contributed by atoms with Crippen LogP contribution in [0.5, 0.6) is 0 Å². The molecule has 0 aromatic carbocycles. The van der Waals surface area contributed by atoms with Crippen molar-refractivity contribution in [2.24, 2.45) is 12.8 Å². The van der Waals surface area contributed by atoms with Gasteiger partial charge < -0.3 is 10.6 Å². The second kappa shape index (κ2) is 4.14. The highest BCUT2D eigenvalue weighted by Gasteiger charge is 2.41. The molecule has 1 fully saturated rings.